The molecule has 2 atom stereocenters. The molecule has 0 radical (unpaired) electrons. The number of hydrogen-bond donors (Lipinski definition) is 2. The maximum Gasteiger partial charge on any atom is 0.355 e. The van der Waals surface area contributed by atoms with E-state index in [4.69, 9.17) is 4.98 Å². The number of rotatable bonds is 6. The normalized spacial score (nSPS) is 18.2. The molecule has 2 bridgehead atoms. The number of aromatic nitrogens is 3. The average molecular weight is 566 g/mol. The van der Waals surface area contributed by atoms with Crippen LogP contribution < -0.4 is 15.9 Å². The Morgan fingerprint density at radius 3 is 2.46 bits per heavy atom. The monoisotopic (exact) mass is 565 g/mol. The Bertz CT molecular complexity index is 1800. The van der Waals surface area contributed by atoms with E-state index >= 15 is 4.39 Å². The van der Waals surface area contributed by atoms with Crippen LogP contribution in [-0.4, -0.2) is 44.8 Å². The molecule has 9 heteroatoms. The van der Waals surface area contributed by atoms with Gasteiger partial charge in [0, 0.05) is 41.4 Å². The molecule has 2 unspecified atom stereocenters. The lowest BCUT2D eigenvalue weighted by molar-refractivity contribution is 0.463. The van der Waals surface area contributed by atoms with Gasteiger partial charge in [0.1, 0.15) is 17.3 Å². The molecule has 7 rings (SSSR count). The number of anilines is 1. The summed E-state index contributed by atoms with van der Waals surface area (Å²) in [5.41, 5.74) is 1.86. The molecule has 0 saturated carbocycles. The first kappa shape index (κ1) is 25.7. The summed E-state index contributed by atoms with van der Waals surface area (Å²) in [6.07, 6.45) is 2.13. The Balaban J connectivity index is 1.38. The Morgan fingerprint density at radius 1 is 0.927 bits per heavy atom. The number of aromatic hydroxyl groups is 1. The zero-order valence-electron chi connectivity index (χ0n) is 22.2. The molecular formula is C32H28FN5O2S. The highest BCUT2D eigenvalue weighted by Gasteiger charge is 2.34. The van der Waals surface area contributed by atoms with E-state index in [1.165, 1.54) is 22.3 Å². The first-order valence-electron chi connectivity index (χ1n) is 13.7. The molecule has 2 N–H and O–H groups in total. The molecule has 2 saturated heterocycles. The predicted octanol–water partition coefficient (Wildman–Crippen LogP) is 5.53. The number of benzene rings is 3. The second-order valence-corrected chi connectivity index (χ2v) is 11.6. The molecule has 41 heavy (non-hydrogen) atoms. The maximum atomic E-state index is 15.7. The van der Waals surface area contributed by atoms with E-state index in [0.717, 1.165) is 23.5 Å². The summed E-state index contributed by atoms with van der Waals surface area (Å²) in [6.45, 7) is 1.38. The van der Waals surface area contributed by atoms with Gasteiger partial charge < -0.3 is 15.3 Å². The summed E-state index contributed by atoms with van der Waals surface area (Å²) < 4.78 is 17.2. The van der Waals surface area contributed by atoms with Crippen molar-refractivity contribution < 1.29 is 9.50 Å². The van der Waals surface area contributed by atoms with Gasteiger partial charge in [0.25, 0.3) is 0 Å². The zero-order chi connectivity index (χ0) is 27.9. The topological polar surface area (TPSA) is 83.3 Å². The summed E-state index contributed by atoms with van der Waals surface area (Å²) in [5.74, 6) is 0.560. The largest absolute Gasteiger partial charge is 0.507 e. The highest BCUT2D eigenvalue weighted by atomic mass is 32.2. The standard InChI is InChI=1S/C32H28FN5O2S/c33-27-16-26-30(37-17-21-13-14-22(18-37)34-21)36-32(40)38(31(26)35-29(27)25-11-4-5-12-28(25)39)23-9-6-10-24(15-23)41-19-20-7-2-1-3-8-20/h1-12,15-16,21-22,34,39H,13-14,17-19H2. The quantitative estimate of drug-likeness (QED) is 0.262. The fourth-order valence-corrected chi connectivity index (χ4v) is 6.77. The van der Waals surface area contributed by atoms with E-state index < -0.39 is 11.5 Å². The van der Waals surface area contributed by atoms with Crippen molar-refractivity contribution in [3.63, 3.8) is 0 Å². The summed E-state index contributed by atoms with van der Waals surface area (Å²) in [5, 5.41) is 14.6. The fourth-order valence-electron chi connectivity index (χ4n) is 5.87. The molecule has 2 aromatic heterocycles. The number of thioether (sulfide) groups is 1. The van der Waals surface area contributed by atoms with E-state index in [1.54, 1.807) is 30.0 Å². The van der Waals surface area contributed by atoms with E-state index in [0.29, 0.717) is 47.7 Å². The van der Waals surface area contributed by atoms with Gasteiger partial charge in [-0.25, -0.2) is 18.7 Å². The maximum absolute atomic E-state index is 15.7. The third-order valence-corrected chi connectivity index (χ3v) is 8.87. The molecule has 3 aromatic carbocycles. The van der Waals surface area contributed by atoms with Crippen molar-refractivity contribution in [1.82, 2.24) is 19.9 Å². The Labute approximate surface area is 240 Å². The number of halogens is 1. The molecule has 0 aliphatic carbocycles. The van der Waals surface area contributed by atoms with Gasteiger partial charge in [-0.2, -0.15) is 4.98 Å². The van der Waals surface area contributed by atoms with Crippen LogP contribution in [0.3, 0.4) is 0 Å². The molecule has 5 aromatic rings. The van der Waals surface area contributed by atoms with Crippen molar-refractivity contribution in [1.29, 1.82) is 0 Å². The fraction of sp³-hybridized carbons (Fsp3) is 0.219. The van der Waals surface area contributed by atoms with Crippen molar-refractivity contribution in [3.8, 4) is 22.7 Å². The number of phenolic OH excluding ortho intramolecular Hbond substituents is 1. The number of piperazine rings is 1. The number of phenols is 1. The highest BCUT2D eigenvalue weighted by Crippen LogP contribution is 2.35. The summed E-state index contributed by atoms with van der Waals surface area (Å²) in [4.78, 5) is 26.1. The van der Waals surface area contributed by atoms with Crippen LogP contribution in [0.25, 0.3) is 28.0 Å². The van der Waals surface area contributed by atoms with Gasteiger partial charge in [-0.1, -0.05) is 48.5 Å². The molecule has 0 amide bonds. The second kappa shape index (κ2) is 10.6. The van der Waals surface area contributed by atoms with Crippen LogP contribution in [0.15, 0.2) is 94.6 Å². The molecule has 0 spiro atoms. The summed E-state index contributed by atoms with van der Waals surface area (Å²) in [6, 6.07) is 26.4. The SMILES string of the molecule is O=c1nc(N2CC3CCC(C2)N3)c2cc(F)c(-c3ccccc3O)nc2n1-c1cccc(SCc2ccccc2)c1. The number of pyridine rings is 1. The van der Waals surface area contributed by atoms with Gasteiger partial charge in [-0.15, -0.1) is 11.8 Å². The lowest BCUT2D eigenvalue weighted by Crippen LogP contribution is -2.52. The smallest absolute Gasteiger partial charge is 0.355 e. The minimum Gasteiger partial charge on any atom is -0.507 e. The van der Waals surface area contributed by atoms with Crippen molar-refractivity contribution in [3.05, 3.63) is 107 Å². The number of hydrogen-bond acceptors (Lipinski definition) is 7. The average Bonchev–Trinajstić information content (AvgIpc) is 3.33. The van der Waals surface area contributed by atoms with E-state index in [-0.39, 0.29) is 17.0 Å². The molecule has 4 heterocycles. The Hall–Kier alpha value is -4.21. The van der Waals surface area contributed by atoms with Crippen LogP contribution in [0.4, 0.5) is 10.2 Å². The molecule has 2 aliphatic rings. The van der Waals surface area contributed by atoms with Gasteiger partial charge in [0.2, 0.25) is 0 Å². The van der Waals surface area contributed by atoms with Crippen LogP contribution in [0.5, 0.6) is 5.75 Å². The van der Waals surface area contributed by atoms with Gasteiger partial charge >= 0.3 is 5.69 Å². The van der Waals surface area contributed by atoms with Crippen LogP contribution in [0, 0.1) is 5.82 Å². The van der Waals surface area contributed by atoms with Crippen LogP contribution in [0.2, 0.25) is 0 Å². The van der Waals surface area contributed by atoms with Gasteiger partial charge in [0.05, 0.1) is 11.1 Å². The van der Waals surface area contributed by atoms with Crippen molar-refractivity contribution >= 4 is 28.6 Å². The van der Waals surface area contributed by atoms with Crippen LogP contribution in [-0.2, 0) is 5.75 Å². The van der Waals surface area contributed by atoms with Gasteiger partial charge in [-0.3, -0.25) is 0 Å². The van der Waals surface area contributed by atoms with E-state index in [1.807, 2.05) is 42.5 Å². The molecule has 2 aliphatic heterocycles. The van der Waals surface area contributed by atoms with Crippen molar-refractivity contribution in [2.45, 2.75) is 35.6 Å². The molecule has 206 valence electrons. The van der Waals surface area contributed by atoms with Crippen LogP contribution >= 0.6 is 11.8 Å². The number of para-hydroxylation sites is 1. The minimum atomic E-state index is -0.586. The second-order valence-electron chi connectivity index (χ2n) is 10.6. The highest BCUT2D eigenvalue weighted by molar-refractivity contribution is 7.98. The third-order valence-electron chi connectivity index (χ3n) is 7.80. The van der Waals surface area contributed by atoms with E-state index in [9.17, 15) is 9.90 Å². The summed E-state index contributed by atoms with van der Waals surface area (Å²) >= 11 is 1.67. The lowest BCUT2D eigenvalue weighted by atomic mass is 10.1. The molecular weight excluding hydrogens is 537 g/mol. The van der Waals surface area contributed by atoms with Crippen molar-refractivity contribution in [2.24, 2.45) is 0 Å². The van der Waals surface area contributed by atoms with Crippen LogP contribution in [0.1, 0.15) is 18.4 Å². The van der Waals surface area contributed by atoms with Gasteiger partial charge in [-0.05, 0) is 54.8 Å². The minimum absolute atomic E-state index is 0.0177. The first-order valence-corrected chi connectivity index (χ1v) is 14.7. The molecule has 7 nitrogen and oxygen atoms in total. The van der Waals surface area contributed by atoms with Crippen molar-refractivity contribution in [2.75, 3.05) is 18.0 Å². The predicted molar refractivity (Wildman–Crippen MR) is 160 cm³/mol. The summed E-state index contributed by atoms with van der Waals surface area (Å²) in [7, 11) is 0. The number of fused-ring (bicyclic) bond motifs is 3. The molecule has 2 fully saturated rings. The van der Waals surface area contributed by atoms with E-state index in [2.05, 4.69) is 27.3 Å². The Morgan fingerprint density at radius 2 is 1.68 bits per heavy atom. The first-order chi connectivity index (χ1) is 20.0. The lowest BCUT2D eigenvalue weighted by Gasteiger charge is -2.34. The number of nitrogens with one attached hydrogen (secondary N) is 1. The zero-order valence-corrected chi connectivity index (χ0v) is 23.0. The van der Waals surface area contributed by atoms with Gasteiger partial charge in [0.15, 0.2) is 11.5 Å². The Kier molecular flexibility index (Phi) is 6.68. The number of nitrogens with zero attached hydrogens (tertiary/aromatic N) is 4. The third kappa shape index (κ3) is 4.96.